The van der Waals surface area contributed by atoms with E-state index in [1.54, 1.807) is 0 Å². The Kier molecular flexibility index (Phi) is 5.04. The third-order valence-corrected chi connectivity index (χ3v) is 2.11. The predicted octanol–water partition coefficient (Wildman–Crippen LogP) is 0.705. The van der Waals surface area contributed by atoms with Crippen LogP contribution in [0.15, 0.2) is 30.3 Å². The summed E-state index contributed by atoms with van der Waals surface area (Å²) in [6.07, 6.45) is 0. The van der Waals surface area contributed by atoms with Crippen LogP contribution in [0.1, 0.15) is 0 Å². The first-order valence-corrected chi connectivity index (χ1v) is 4.92. The Morgan fingerprint density at radius 2 is 1.93 bits per heavy atom. The molecule has 0 radical (unpaired) electrons. The van der Waals surface area contributed by atoms with Crippen LogP contribution in [0.4, 0.5) is 5.69 Å². The fourth-order valence-electron chi connectivity index (χ4n) is 1.26. The summed E-state index contributed by atoms with van der Waals surface area (Å²) in [7, 11) is 2.07. The van der Waals surface area contributed by atoms with Gasteiger partial charge in [0.1, 0.15) is 0 Å². The molecule has 0 unspecified atom stereocenters. The van der Waals surface area contributed by atoms with Crippen molar-refractivity contribution in [1.29, 1.82) is 0 Å². The fraction of sp³-hybridized carbons (Fsp3) is 0.455. The van der Waals surface area contributed by atoms with E-state index in [0.717, 1.165) is 13.1 Å². The number of anilines is 1. The van der Waals surface area contributed by atoms with E-state index < -0.39 is 0 Å². The molecule has 14 heavy (non-hydrogen) atoms. The van der Waals surface area contributed by atoms with Gasteiger partial charge in [0.05, 0.1) is 6.61 Å². The maximum absolute atomic E-state index is 8.57. The summed E-state index contributed by atoms with van der Waals surface area (Å²) in [6.45, 7) is 2.72. The molecule has 0 atom stereocenters. The van der Waals surface area contributed by atoms with Crippen molar-refractivity contribution in [2.75, 3.05) is 38.2 Å². The van der Waals surface area contributed by atoms with Crippen molar-refractivity contribution in [3.05, 3.63) is 30.3 Å². The fourth-order valence-corrected chi connectivity index (χ4v) is 1.26. The zero-order valence-corrected chi connectivity index (χ0v) is 8.61. The molecule has 78 valence electrons. The van der Waals surface area contributed by atoms with Gasteiger partial charge >= 0.3 is 0 Å². The summed E-state index contributed by atoms with van der Waals surface area (Å²) in [5.74, 6) is 0. The summed E-state index contributed by atoms with van der Waals surface area (Å²) >= 11 is 0. The van der Waals surface area contributed by atoms with E-state index in [0.29, 0.717) is 6.54 Å². The van der Waals surface area contributed by atoms with Gasteiger partial charge in [0.25, 0.3) is 0 Å². The average molecular weight is 194 g/mol. The normalized spacial score (nSPS) is 10.1. The van der Waals surface area contributed by atoms with E-state index in [-0.39, 0.29) is 6.61 Å². The minimum Gasteiger partial charge on any atom is -0.395 e. The summed E-state index contributed by atoms with van der Waals surface area (Å²) in [6, 6.07) is 10.3. The van der Waals surface area contributed by atoms with E-state index in [1.807, 2.05) is 18.2 Å². The lowest BCUT2D eigenvalue weighted by Gasteiger charge is -2.19. The van der Waals surface area contributed by atoms with E-state index in [9.17, 15) is 0 Å². The third kappa shape index (κ3) is 3.77. The van der Waals surface area contributed by atoms with Crippen molar-refractivity contribution >= 4 is 5.69 Å². The summed E-state index contributed by atoms with van der Waals surface area (Å²) in [4.78, 5) is 2.18. The predicted molar refractivity (Wildman–Crippen MR) is 59.7 cm³/mol. The molecule has 0 bridgehead atoms. The van der Waals surface area contributed by atoms with Crippen molar-refractivity contribution in [1.82, 2.24) is 5.32 Å². The number of benzene rings is 1. The second kappa shape index (κ2) is 6.40. The zero-order valence-electron chi connectivity index (χ0n) is 8.61. The van der Waals surface area contributed by atoms with Crippen molar-refractivity contribution in [3.63, 3.8) is 0 Å². The maximum atomic E-state index is 8.57. The van der Waals surface area contributed by atoms with Gasteiger partial charge in [-0.15, -0.1) is 0 Å². The smallest absolute Gasteiger partial charge is 0.0555 e. The highest BCUT2D eigenvalue weighted by atomic mass is 16.3. The highest BCUT2D eigenvalue weighted by Crippen LogP contribution is 2.09. The Hall–Kier alpha value is -1.06. The van der Waals surface area contributed by atoms with Crippen LogP contribution in [0.2, 0.25) is 0 Å². The van der Waals surface area contributed by atoms with Gasteiger partial charge in [-0.3, -0.25) is 0 Å². The number of likely N-dealkylation sites (N-methyl/N-ethyl adjacent to an activating group) is 1. The minimum atomic E-state index is 0.203. The molecule has 0 aromatic heterocycles. The number of para-hydroxylation sites is 1. The minimum absolute atomic E-state index is 0.203. The van der Waals surface area contributed by atoms with Gasteiger partial charge in [-0.05, 0) is 12.1 Å². The number of hydrogen-bond acceptors (Lipinski definition) is 3. The third-order valence-electron chi connectivity index (χ3n) is 2.11. The van der Waals surface area contributed by atoms with E-state index in [2.05, 4.69) is 29.4 Å². The van der Waals surface area contributed by atoms with Crippen molar-refractivity contribution in [3.8, 4) is 0 Å². The van der Waals surface area contributed by atoms with Gasteiger partial charge in [0.15, 0.2) is 0 Å². The van der Waals surface area contributed by atoms with Crippen molar-refractivity contribution in [2.24, 2.45) is 0 Å². The first kappa shape index (κ1) is 11.0. The molecule has 0 aliphatic heterocycles. The molecule has 1 aromatic carbocycles. The van der Waals surface area contributed by atoms with Gasteiger partial charge < -0.3 is 15.3 Å². The van der Waals surface area contributed by atoms with Crippen LogP contribution in [0.25, 0.3) is 0 Å². The number of nitrogens with one attached hydrogen (secondary N) is 1. The van der Waals surface area contributed by atoms with Gasteiger partial charge in [-0.1, -0.05) is 18.2 Å². The van der Waals surface area contributed by atoms with E-state index in [4.69, 9.17) is 5.11 Å². The lowest BCUT2D eigenvalue weighted by atomic mass is 10.3. The second-order valence-electron chi connectivity index (χ2n) is 3.23. The van der Waals surface area contributed by atoms with Crippen molar-refractivity contribution < 1.29 is 5.11 Å². The zero-order chi connectivity index (χ0) is 10.2. The molecule has 0 spiro atoms. The Morgan fingerprint density at radius 1 is 1.21 bits per heavy atom. The van der Waals surface area contributed by atoms with Crippen LogP contribution in [0.3, 0.4) is 0 Å². The molecule has 1 aromatic rings. The monoisotopic (exact) mass is 194 g/mol. The van der Waals surface area contributed by atoms with E-state index in [1.165, 1.54) is 5.69 Å². The molecule has 0 saturated heterocycles. The van der Waals surface area contributed by atoms with Crippen LogP contribution < -0.4 is 10.2 Å². The Labute approximate surface area is 85.4 Å². The Balaban J connectivity index is 2.25. The molecule has 2 N–H and O–H groups in total. The highest BCUT2D eigenvalue weighted by molar-refractivity contribution is 5.44. The van der Waals surface area contributed by atoms with Gasteiger partial charge in [-0.25, -0.2) is 0 Å². The molecule has 0 heterocycles. The van der Waals surface area contributed by atoms with Gasteiger partial charge in [0.2, 0.25) is 0 Å². The molecule has 0 fully saturated rings. The molecular weight excluding hydrogens is 176 g/mol. The summed E-state index contributed by atoms with van der Waals surface area (Å²) in [5, 5.41) is 11.7. The van der Waals surface area contributed by atoms with E-state index >= 15 is 0 Å². The molecule has 0 aliphatic carbocycles. The lowest BCUT2D eigenvalue weighted by Crippen LogP contribution is -2.30. The standard InChI is InChI=1S/C11H18N2O/c1-13(9-7-12-8-10-14)11-5-3-2-4-6-11/h2-6,12,14H,7-10H2,1H3. The van der Waals surface area contributed by atoms with Crippen LogP contribution >= 0.6 is 0 Å². The van der Waals surface area contributed by atoms with Crippen LogP contribution in [-0.2, 0) is 0 Å². The second-order valence-corrected chi connectivity index (χ2v) is 3.23. The molecule has 3 heteroatoms. The van der Waals surface area contributed by atoms with Gasteiger partial charge in [-0.2, -0.15) is 0 Å². The highest BCUT2D eigenvalue weighted by Gasteiger charge is 1.97. The van der Waals surface area contributed by atoms with Gasteiger partial charge in [0, 0.05) is 32.4 Å². The SMILES string of the molecule is CN(CCNCCO)c1ccccc1. The quantitative estimate of drug-likeness (QED) is 0.655. The topological polar surface area (TPSA) is 35.5 Å². The molecule has 3 nitrogen and oxygen atoms in total. The number of aliphatic hydroxyl groups is 1. The lowest BCUT2D eigenvalue weighted by molar-refractivity contribution is 0.293. The molecule has 1 rings (SSSR count). The summed E-state index contributed by atoms with van der Waals surface area (Å²) in [5.41, 5.74) is 1.22. The largest absolute Gasteiger partial charge is 0.395 e. The number of rotatable bonds is 6. The van der Waals surface area contributed by atoms with Crippen LogP contribution in [0, 0.1) is 0 Å². The van der Waals surface area contributed by atoms with Crippen LogP contribution in [-0.4, -0.2) is 38.4 Å². The first-order chi connectivity index (χ1) is 6.84. The average Bonchev–Trinajstić information content (AvgIpc) is 2.25. The summed E-state index contributed by atoms with van der Waals surface area (Å²) < 4.78 is 0. The number of aliphatic hydroxyl groups excluding tert-OH is 1. The first-order valence-electron chi connectivity index (χ1n) is 4.92. The molecule has 0 aliphatic rings. The molecule has 0 amide bonds. The Morgan fingerprint density at radius 3 is 2.57 bits per heavy atom. The molecular formula is C11H18N2O. The van der Waals surface area contributed by atoms with Crippen LogP contribution in [0.5, 0.6) is 0 Å². The maximum Gasteiger partial charge on any atom is 0.0555 e. The number of hydrogen-bond donors (Lipinski definition) is 2. The van der Waals surface area contributed by atoms with Crippen molar-refractivity contribution in [2.45, 2.75) is 0 Å². The number of nitrogens with zero attached hydrogens (tertiary/aromatic N) is 1. The Bertz CT molecular complexity index is 238. The molecule has 0 saturated carbocycles.